The van der Waals surface area contributed by atoms with Crippen LogP contribution in [0.25, 0.3) is 0 Å². The molecule has 1 rings (SSSR count). The molecule has 19 heavy (non-hydrogen) atoms. The molecule has 1 amide bonds. The zero-order valence-corrected chi connectivity index (χ0v) is 10.4. The third kappa shape index (κ3) is 4.69. The van der Waals surface area contributed by atoms with Crippen LogP contribution in [-0.2, 0) is 11.0 Å². The highest BCUT2D eigenvalue weighted by Crippen LogP contribution is 2.37. The predicted molar refractivity (Wildman–Crippen MR) is 64.7 cm³/mol. The third-order valence-corrected chi connectivity index (χ3v) is 2.24. The number of amides is 1. The largest absolute Gasteiger partial charge is 0.483 e. The first-order valence-electron chi connectivity index (χ1n) is 5.70. The summed E-state index contributed by atoms with van der Waals surface area (Å²) in [5.41, 5.74) is 4.30. The van der Waals surface area contributed by atoms with Crippen LogP contribution in [0, 0.1) is 0 Å². The number of anilines is 1. The van der Waals surface area contributed by atoms with E-state index in [-0.39, 0.29) is 5.69 Å². The minimum Gasteiger partial charge on any atom is -0.483 e. The Bertz CT molecular complexity index is 447. The van der Waals surface area contributed by atoms with Gasteiger partial charge in [0.15, 0.2) is 6.61 Å². The van der Waals surface area contributed by atoms with Gasteiger partial charge < -0.3 is 15.8 Å². The van der Waals surface area contributed by atoms with Crippen LogP contribution in [-0.4, -0.2) is 19.1 Å². The van der Waals surface area contributed by atoms with E-state index in [0.29, 0.717) is 6.54 Å². The maximum absolute atomic E-state index is 12.7. The number of nitrogen functional groups attached to an aromatic ring is 1. The third-order valence-electron chi connectivity index (χ3n) is 2.24. The molecule has 0 unspecified atom stereocenters. The first-order valence-corrected chi connectivity index (χ1v) is 5.70. The van der Waals surface area contributed by atoms with Gasteiger partial charge in [-0.2, -0.15) is 13.2 Å². The molecule has 0 aromatic heterocycles. The highest BCUT2D eigenvalue weighted by atomic mass is 19.4. The second-order valence-corrected chi connectivity index (χ2v) is 3.89. The lowest BCUT2D eigenvalue weighted by atomic mass is 10.1. The van der Waals surface area contributed by atoms with Crippen molar-refractivity contribution in [1.29, 1.82) is 0 Å². The van der Waals surface area contributed by atoms with E-state index in [9.17, 15) is 18.0 Å². The van der Waals surface area contributed by atoms with Gasteiger partial charge in [-0.25, -0.2) is 0 Å². The zero-order chi connectivity index (χ0) is 14.5. The van der Waals surface area contributed by atoms with E-state index in [1.807, 2.05) is 6.92 Å². The molecule has 0 saturated carbocycles. The van der Waals surface area contributed by atoms with Crippen LogP contribution < -0.4 is 15.8 Å². The smallest absolute Gasteiger partial charge is 0.420 e. The summed E-state index contributed by atoms with van der Waals surface area (Å²) in [4.78, 5) is 11.3. The zero-order valence-electron chi connectivity index (χ0n) is 10.4. The van der Waals surface area contributed by atoms with Crippen LogP contribution >= 0.6 is 0 Å². The Hall–Kier alpha value is -1.92. The van der Waals surface area contributed by atoms with Crippen molar-refractivity contribution in [3.05, 3.63) is 23.8 Å². The number of benzene rings is 1. The number of alkyl halides is 3. The molecule has 4 nitrogen and oxygen atoms in total. The number of nitrogens with two attached hydrogens (primary N) is 1. The number of carbonyl (C=O) groups excluding carboxylic acids is 1. The van der Waals surface area contributed by atoms with Gasteiger partial charge in [-0.3, -0.25) is 4.79 Å². The average Bonchev–Trinajstić information content (AvgIpc) is 2.33. The molecule has 0 fully saturated rings. The van der Waals surface area contributed by atoms with E-state index in [4.69, 9.17) is 10.5 Å². The predicted octanol–water partition coefficient (Wildman–Crippen LogP) is 2.19. The average molecular weight is 276 g/mol. The van der Waals surface area contributed by atoms with Gasteiger partial charge in [0.25, 0.3) is 5.91 Å². The minimum atomic E-state index is -4.58. The first kappa shape index (κ1) is 15.1. The molecule has 0 heterocycles. The molecule has 0 bridgehead atoms. The number of ether oxygens (including phenoxy) is 1. The van der Waals surface area contributed by atoms with E-state index in [2.05, 4.69) is 5.32 Å². The summed E-state index contributed by atoms with van der Waals surface area (Å²) < 4.78 is 43.0. The van der Waals surface area contributed by atoms with Gasteiger partial charge >= 0.3 is 6.18 Å². The van der Waals surface area contributed by atoms with Crippen LogP contribution in [0.2, 0.25) is 0 Å². The van der Waals surface area contributed by atoms with Crippen molar-refractivity contribution in [2.75, 3.05) is 18.9 Å². The van der Waals surface area contributed by atoms with Crippen molar-refractivity contribution in [3.8, 4) is 5.75 Å². The molecule has 0 atom stereocenters. The summed E-state index contributed by atoms with van der Waals surface area (Å²) in [5, 5.41) is 2.50. The molecule has 0 aliphatic rings. The van der Waals surface area contributed by atoms with Gasteiger partial charge in [0.1, 0.15) is 5.75 Å². The molecule has 0 aliphatic carbocycles. The van der Waals surface area contributed by atoms with Crippen LogP contribution in [0.5, 0.6) is 5.75 Å². The number of carbonyl (C=O) groups is 1. The lowest BCUT2D eigenvalue weighted by Gasteiger charge is -2.14. The number of hydrogen-bond donors (Lipinski definition) is 2. The van der Waals surface area contributed by atoms with E-state index < -0.39 is 30.0 Å². The van der Waals surface area contributed by atoms with Crippen LogP contribution in [0.1, 0.15) is 18.9 Å². The lowest BCUT2D eigenvalue weighted by Crippen LogP contribution is -2.29. The monoisotopic (exact) mass is 276 g/mol. The molecule has 1 aromatic carbocycles. The maximum atomic E-state index is 12.7. The standard InChI is InChI=1S/C12H15F3N2O2/c1-2-5-17-11(18)7-19-10-4-3-8(16)6-9(10)12(13,14)15/h3-4,6H,2,5,7,16H2,1H3,(H,17,18). The second-order valence-electron chi connectivity index (χ2n) is 3.89. The Balaban J connectivity index is 2.76. The minimum absolute atomic E-state index is 0.0184. The summed E-state index contributed by atoms with van der Waals surface area (Å²) >= 11 is 0. The maximum Gasteiger partial charge on any atom is 0.420 e. The van der Waals surface area contributed by atoms with Gasteiger partial charge in [-0.15, -0.1) is 0 Å². The second kappa shape index (κ2) is 6.31. The van der Waals surface area contributed by atoms with Crippen molar-refractivity contribution < 1.29 is 22.7 Å². The molecule has 0 saturated heterocycles. The molecule has 106 valence electrons. The number of hydrogen-bond acceptors (Lipinski definition) is 3. The summed E-state index contributed by atoms with van der Waals surface area (Å²) in [6.07, 6.45) is -3.84. The van der Waals surface area contributed by atoms with Crippen molar-refractivity contribution in [2.45, 2.75) is 19.5 Å². The van der Waals surface area contributed by atoms with Crippen LogP contribution in [0.15, 0.2) is 18.2 Å². The van der Waals surface area contributed by atoms with Crippen molar-refractivity contribution in [2.24, 2.45) is 0 Å². The molecule has 0 radical (unpaired) electrons. The topological polar surface area (TPSA) is 64.3 Å². The summed E-state index contributed by atoms with van der Waals surface area (Å²) in [6.45, 7) is 1.85. The Labute approximate surface area is 108 Å². The quantitative estimate of drug-likeness (QED) is 0.810. The SMILES string of the molecule is CCCNC(=O)COc1ccc(N)cc1C(F)(F)F. The van der Waals surface area contributed by atoms with Crippen LogP contribution in [0.4, 0.5) is 18.9 Å². The van der Waals surface area contributed by atoms with E-state index >= 15 is 0 Å². The number of nitrogens with one attached hydrogen (secondary N) is 1. The Morgan fingerprint density at radius 1 is 1.42 bits per heavy atom. The van der Waals surface area contributed by atoms with E-state index in [1.54, 1.807) is 0 Å². The van der Waals surface area contributed by atoms with Gasteiger partial charge in [0.2, 0.25) is 0 Å². The van der Waals surface area contributed by atoms with Gasteiger partial charge in [0.05, 0.1) is 5.56 Å². The summed E-state index contributed by atoms with van der Waals surface area (Å²) in [7, 11) is 0. The summed E-state index contributed by atoms with van der Waals surface area (Å²) in [6, 6.07) is 3.17. The van der Waals surface area contributed by atoms with E-state index in [0.717, 1.165) is 18.6 Å². The summed E-state index contributed by atoms with van der Waals surface area (Å²) in [5.74, 6) is -0.875. The fraction of sp³-hybridized carbons (Fsp3) is 0.417. The fourth-order valence-corrected chi connectivity index (χ4v) is 1.35. The fourth-order valence-electron chi connectivity index (χ4n) is 1.35. The Morgan fingerprint density at radius 3 is 2.68 bits per heavy atom. The highest BCUT2D eigenvalue weighted by molar-refractivity contribution is 5.77. The number of halogens is 3. The van der Waals surface area contributed by atoms with Crippen molar-refractivity contribution >= 4 is 11.6 Å². The first-order chi connectivity index (χ1) is 8.84. The lowest BCUT2D eigenvalue weighted by molar-refractivity contribution is -0.139. The normalized spacial score (nSPS) is 11.2. The van der Waals surface area contributed by atoms with Crippen molar-refractivity contribution in [1.82, 2.24) is 5.32 Å². The highest BCUT2D eigenvalue weighted by Gasteiger charge is 2.34. The molecule has 0 aliphatic heterocycles. The molecule has 7 heteroatoms. The van der Waals surface area contributed by atoms with Gasteiger partial charge in [-0.05, 0) is 24.6 Å². The number of rotatable bonds is 5. The molecule has 0 spiro atoms. The Morgan fingerprint density at radius 2 is 2.11 bits per heavy atom. The molecular weight excluding hydrogens is 261 g/mol. The van der Waals surface area contributed by atoms with Crippen molar-refractivity contribution in [3.63, 3.8) is 0 Å². The molecule has 1 aromatic rings. The Kier molecular flexibility index (Phi) is 5.02. The molecular formula is C12H15F3N2O2. The van der Waals surface area contributed by atoms with Crippen LogP contribution in [0.3, 0.4) is 0 Å². The molecule has 3 N–H and O–H groups in total. The van der Waals surface area contributed by atoms with E-state index in [1.165, 1.54) is 6.07 Å². The van der Waals surface area contributed by atoms with Gasteiger partial charge in [0, 0.05) is 12.2 Å². The van der Waals surface area contributed by atoms with Gasteiger partial charge in [-0.1, -0.05) is 6.92 Å².